The van der Waals surface area contributed by atoms with Crippen LogP contribution in [0.5, 0.6) is 0 Å². The molecule has 0 unspecified atom stereocenters. The molecule has 0 aliphatic rings. The molecular weight excluding hydrogens is 233 g/mol. The van der Waals surface area contributed by atoms with Crippen LogP contribution in [0.15, 0.2) is 24.4 Å². The Labute approximate surface area is 95.3 Å². The Balaban J connectivity index is 2.50. The van der Waals surface area contributed by atoms with Gasteiger partial charge in [0, 0.05) is 10.6 Å². The van der Waals surface area contributed by atoms with E-state index >= 15 is 0 Å². The number of hydrogen-bond donors (Lipinski definition) is 2. The minimum Gasteiger partial charge on any atom is -0.363 e. The third-order valence-corrected chi connectivity index (χ3v) is 2.26. The predicted octanol–water partition coefficient (Wildman–Crippen LogP) is 1.97. The predicted molar refractivity (Wildman–Crippen MR) is 57.5 cm³/mol. The molecule has 1 aromatic heterocycles. The lowest BCUT2D eigenvalue weighted by molar-refractivity contribution is 0.0991. The van der Waals surface area contributed by atoms with Crippen molar-refractivity contribution in [2.75, 3.05) is 0 Å². The third kappa shape index (κ3) is 1.90. The lowest BCUT2D eigenvalue weighted by atomic mass is 10.1. The van der Waals surface area contributed by atoms with Gasteiger partial charge in [-0.15, -0.1) is 0 Å². The number of amides is 1. The van der Waals surface area contributed by atoms with Gasteiger partial charge in [-0.3, -0.25) is 4.79 Å². The van der Waals surface area contributed by atoms with Crippen LogP contribution in [0.3, 0.4) is 0 Å². The number of imidazole rings is 1. The van der Waals surface area contributed by atoms with Crippen molar-refractivity contribution in [1.82, 2.24) is 9.97 Å². The van der Waals surface area contributed by atoms with Crippen LogP contribution in [0.2, 0.25) is 5.02 Å². The van der Waals surface area contributed by atoms with Crippen LogP contribution in [0.4, 0.5) is 4.39 Å². The Kier molecular flexibility index (Phi) is 2.62. The molecule has 4 nitrogen and oxygen atoms in total. The van der Waals surface area contributed by atoms with Gasteiger partial charge >= 0.3 is 0 Å². The van der Waals surface area contributed by atoms with Crippen LogP contribution in [0.25, 0.3) is 11.3 Å². The van der Waals surface area contributed by atoms with Gasteiger partial charge in [0.05, 0.1) is 11.9 Å². The summed E-state index contributed by atoms with van der Waals surface area (Å²) in [6, 6.07) is 4.11. The number of nitrogens with one attached hydrogen (secondary N) is 1. The second-order valence-corrected chi connectivity index (χ2v) is 3.57. The molecule has 6 heteroatoms. The zero-order valence-corrected chi connectivity index (χ0v) is 8.75. The van der Waals surface area contributed by atoms with Crippen LogP contribution in [0.1, 0.15) is 10.6 Å². The molecule has 3 N–H and O–H groups in total. The fraction of sp³-hybridized carbons (Fsp3) is 0. The maximum absolute atomic E-state index is 13.4. The van der Waals surface area contributed by atoms with Crippen LogP contribution < -0.4 is 5.73 Å². The summed E-state index contributed by atoms with van der Waals surface area (Å²) in [5.74, 6) is -1.17. The molecular formula is C10H7ClFN3O. The number of hydrogen-bond acceptors (Lipinski definition) is 2. The molecule has 0 spiro atoms. The summed E-state index contributed by atoms with van der Waals surface area (Å²) in [6.45, 7) is 0. The van der Waals surface area contributed by atoms with Crippen molar-refractivity contribution in [3.8, 4) is 11.3 Å². The van der Waals surface area contributed by atoms with Gasteiger partial charge in [-0.1, -0.05) is 11.6 Å². The van der Waals surface area contributed by atoms with Crippen LogP contribution >= 0.6 is 11.6 Å². The topological polar surface area (TPSA) is 71.8 Å². The first-order valence-corrected chi connectivity index (χ1v) is 4.76. The van der Waals surface area contributed by atoms with Crippen molar-refractivity contribution < 1.29 is 9.18 Å². The van der Waals surface area contributed by atoms with Crippen LogP contribution in [0, 0.1) is 5.82 Å². The Bertz CT molecular complexity index is 553. The summed E-state index contributed by atoms with van der Waals surface area (Å²) in [4.78, 5) is 17.1. The Hall–Kier alpha value is -1.88. The van der Waals surface area contributed by atoms with E-state index in [0.29, 0.717) is 10.7 Å². The van der Waals surface area contributed by atoms with Crippen LogP contribution in [-0.2, 0) is 0 Å². The van der Waals surface area contributed by atoms with Gasteiger partial charge in [0.25, 0.3) is 5.91 Å². The summed E-state index contributed by atoms with van der Waals surface area (Å²) in [6.07, 6.45) is 1.33. The van der Waals surface area contributed by atoms with E-state index < -0.39 is 11.7 Å². The summed E-state index contributed by atoms with van der Waals surface area (Å²) in [5, 5.41) is 0.395. The van der Waals surface area contributed by atoms with E-state index in [0.717, 1.165) is 0 Å². The first-order chi connectivity index (χ1) is 7.58. The van der Waals surface area contributed by atoms with Gasteiger partial charge in [0.1, 0.15) is 5.82 Å². The number of primary amides is 1. The number of carbonyl (C=O) groups is 1. The zero-order chi connectivity index (χ0) is 11.7. The molecule has 0 fully saturated rings. The SMILES string of the molecule is NC(=O)c1ncc(-c2cc(Cl)ccc2F)[nH]1. The average molecular weight is 240 g/mol. The number of nitrogens with zero attached hydrogens (tertiary/aromatic N) is 1. The number of aromatic amines is 1. The molecule has 0 aliphatic carbocycles. The maximum Gasteiger partial charge on any atom is 0.284 e. The molecule has 0 radical (unpaired) electrons. The first kappa shape index (κ1) is 10.6. The Morgan fingerprint density at radius 1 is 1.50 bits per heavy atom. The second-order valence-electron chi connectivity index (χ2n) is 3.13. The largest absolute Gasteiger partial charge is 0.363 e. The van der Waals surface area contributed by atoms with E-state index in [4.69, 9.17) is 17.3 Å². The number of rotatable bonds is 2. The minimum absolute atomic E-state index is 0.0191. The molecule has 0 saturated heterocycles. The highest BCUT2D eigenvalue weighted by molar-refractivity contribution is 6.30. The number of carbonyl (C=O) groups excluding carboxylic acids is 1. The van der Waals surface area contributed by atoms with Gasteiger partial charge in [0.15, 0.2) is 5.82 Å². The lowest BCUT2D eigenvalue weighted by Crippen LogP contribution is -2.12. The third-order valence-electron chi connectivity index (χ3n) is 2.03. The van der Waals surface area contributed by atoms with Crippen molar-refractivity contribution >= 4 is 17.5 Å². The molecule has 2 rings (SSSR count). The summed E-state index contributed by atoms with van der Waals surface area (Å²) in [5.41, 5.74) is 5.62. The Morgan fingerprint density at radius 3 is 2.88 bits per heavy atom. The quantitative estimate of drug-likeness (QED) is 0.841. The second kappa shape index (κ2) is 3.94. The maximum atomic E-state index is 13.4. The normalized spacial score (nSPS) is 10.4. The molecule has 82 valence electrons. The molecule has 0 atom stereocenters. The van der Waals surface area contributed by atoms with Gasteiger partial charge in [0.2, 0.25) is 0 Å². The fourth-order valence-corrected chi connectivity index (χ4v) is 1.46. The average Bonchev–Trinajstić information content (AvgIpc) is 2.70. The number of H-pyrrole nitrogens is 1. The number of nitrogens with two attached hydrogens (primary N) is 1. The van der Waals surface area contributed by atoms with Crippen LogP contribution in [-0.4, -0.2) is 15.9 Å². The zero-order valence-electron chi connectivity index (χ0n) is 8.00. The minimum atomic E-state index is -0.700. The smallest absolute Gasteiger partial charge is 0.284 e. The highest BCUT2D eigenvalue weighted by atomic mass is 35.5. The van der Waals surface area contributed by atoms with Gasteiger partial charge in [-0.25, -0.2) is 9.37 Å². The summed E-state index contributed by atoms with van der Waals surface area (Å²) >= 11 is 5.74. The molecule has 2 aromatic rings. The molecule has 1 amide bonds. The monoisotopic (exact) mass is 239 g/mol. The number of aromatic nitrogens is 2. The summed E-state index contributed by atoms with van der Waals surface area (Å²) in [7, 11) is 0. The van der Waals surface area contributed by atoms with E-state index in [1.165, 1.54) is 24.4 Å². The number of benzene rings is 1. The first-order valence-electron chi connectivity index (χ1n) is 4.38. The van der Waals surface area contributed by atoms with E-state index in [1.54, 1.807) is 0 Å². The molecule has 1 aromatic carbocycles. The van der Waals surface area contributed by atoms with E-state index in [1.807, 2.05) is 0 Å². The van der Waals surface area contributed by atoms with Crippen molar-refractivity contribution in [2.45, 2.75) is 0 Å². The van der Waals surface area contributed by atoms with Gasteiger partial charge < -0.3 is 10.7 Å². The molecule has 0 bridgehead atoms. The van der Waals surface area contributed by atoms with E-state index in [2.05, 4.69) is 9.97 Å². The van der Waals surface area contributed by atoms with Crippen molar-refractivity contribution in [3.05, 3.63) is 41.1 Å². The van der Waals surface area contributed by atoms with E-state index in [-0.39, 0.29) is 11.4 Å². The molecule has 1 heterocycles. The van der Waals surface area contributed by atoms with Gasteiger partial charge in [-0.2, -0.15) is 0 Å². The standard InChI is InChI=1S/C10H7ClFN3O/c11-5-1-2-7(12)6(3-5)8-4-14-10(15-8)9(13)16/h1-4H,(H2,13,16)(H,14,15). The van der Waals surface area contributed by atoms with Crippen molar-refractivity contribution in [3.63, 3.8) is 0 Å². The van der Waals surface area contributed by atoms with Crippen molar-refractivity contribution in [2.24, 2.45) is 5.73 Å². The molecule has 0 aliphatic heterocycles. The highest BCUT2D eigenvalue weighted by Gasteiger charge is 2.11. The highest BCUT2D eigenvalue weighted by Crippen LogP contribution is 2.24. The fourth-order valence-electron chi connectivity index (χ4n) is 1.29. The van der Waals surface area contributed by atoms with Gasteiger partial charge in [-0.05, 0) is 18.2 Å². The summed E-state index contributed by atoms with van der Waals surface area (Å²) < 4.78 is 13.4. The Morgan fingerprint density at radius 2 is 2.25 bits per heavy atom. The number of halogens is 2. The van der Waals surface area contributed by atoms with Crippen molar-refractivity contribution in [1.29, 1.82) is 0 Å². The lowest BCUT2D eigenvalue weighted by Gasteiger charge is -2.00. The molecule has 0 saturated carbocycles. The van der Waals surface area contributed by atoms with E-state index in [9.17, 15) is 9.18 Å². The molecule has 16 heavy (non-hydrogen) atoms.